The summed E-state index contributed by atoms with van der Waals surface area (Å²) in [4.78, 5) is 23.6. The fraction of sp³-hybridized carbons (Fsp3) is 0.125. The number of rotatable bonds is 8. The van der Waals surface area contributed by atoms with Gasteiger partial charge in [-0.3, -0.25) is 13.9 Å². The van der Waals surface area contributed by atoms with Crippen molar-refractivity contribution in [3.8, 4) is 5.75 Å². The van der Waals surface area contributed by atoms with Crippen LogP contribution in [0, 0.1) is 6.92 Å². The Labute approximate surface area is 192 Å². The van der Waals surface area contributed by atoms with Gasteiger partial charge in [0.05, 0.1) is 16.8 Å². The molecule has 0 unspecified atom stereocenters. The Kier molecular flexibility index (Phi) is 7.57. The number of para-hydroxylation sites is 1. The van der Waals surface area contributed by atoms with E-state index >= 15 is 0 Å². The number of anilines is 1. The average Bonchev–Trinajstić information content (AvgIpc) is 2.79. The molecule has 0 heterocycles. The number of sulfonamides is 1. The van der Waals surface area contributed by atoms with Crippen molar-refractivity contribution in [3.05, 3.63) is 90.0 Å². The lowest BCUT2D eigenvalue weighted by Gasteiger charge is -2.25. The van der Waals surface area contributed by atoms with Crippen molar-refractivity contribution in [1.82, 2.24) is 5.43 Å². The van der Waals surface area contributed by atoms with Crippen molar-refractivity contribution < 1.29 is 22.7 Å². The van der Waals surface area contributed by atoms with Crippen LogP contribution >= 0.6 is 0 Å². The molecule has 3 aromatic carbocycles. The van der Waals surface area contributed by atoms with Crippen LogP contribution in [0.3, 0.4) is 0 Å². The third-order valence-electron chi connectivity index (χ3n) is 4.55. The maximum atomic E-state index is 13.3. The van der Waals surface area contributed by atoms with Crippen LogP contribution in [0.5, 0.6) is 5.75 Å². The van der Waals surface area contributed by atoms with E-state index in [1.807, 2.05) is 0 Å². The first-order valence-electron chi connectivity index (χ1n) is 10.0. The van der Waals surface area contributed by atoms with Crippen LogP contribution in [0.4, 0.5) is 5.69 Å². The topological polar surface area (TPSA) is 105 Å². The number of hydrogen-bond acceptors (Lipinski definition) is 6. The largest absolute Gasteiger partial charge is 0.427 e. The summed E-state index contributed by atoms with van der Waals surface area (Å²) in [7, 11) is -3.98. The minimum Gasteiger partial charge on any atom is -0.427 e. The van der Waals surface area contributed by atoms with E-state index < -0.39 is 28.4 Å². The Morgan fingerprint density at radius 1 is 0.970 bits per heavy atom. The molecule has 0 saturated carbocycles. The molecule has 33 heavy (non-hydrogen) atoms. The average molecular weight is 466 g/mol. The zero-order valence-corrected chi connectivity index (χ0v) is 19.0. The van der Waals surface area contributed by atoms with E-state index in [-0.39, 0.29) is 4.90 Å². The van der Waals surface area contributed by atoms with Gasteiger partial charge >= 0.3 is 5.97 Å². The molecule has 0 aromatic heterocycles. The molecule has 0 aliphatic heterocycles. The summed E-state index contributed by atoms with van der Waals surface area (Å²) in [6.45, 7) is 2.63. The van der Waals surface area contributed by atoms with Gasteiger partial charge in [-0.15, -0.1) is 0 Å². The normalized spacial score (nSPS) is 11.2. The Hall–Kier alpha value is -3.98. The van der Waals surface area contributed by atoms with Crippen molar-refractivity contribution in [3.63, 3.8) is 0 Å². The van der Waals surface area contributed by atoms with Gasteiger partial charge in [-0.25, -0.2) is 13.8 Å². The van der Waals surface area contributed by atoms with Crippen molar-refractivity contribution in [1.29, 1.82) is 0 Å². The molecule has 0 spiro atoms. The van der Waals surface area contributed by atoms with Gasteiger partial charge in [0, 0.05) is 6.92 Å². The summed E-state index contributed by atoms with van der Waals surface area (Å²) in [5, 5.41) is 3.90. The van der Waals surface area contributed by atoms with Crippen LogP contribution in [0.2, 0.25) is 0 Å². The SMILES string of the molecule is CC(=O)Oc1ccc(/C=N\NC(=O)CN(c2ccccc2C)S(=O)(=O)c2ccccc2)cc1. The van der Waals surface area contributed by atoms with Crippen LogP contribution in [0.15, 0.2) is 88.9 Å². The second kappa shape index (κ2) is 10.6. The summed E-state index contributed by atoms with van der Waals surface area (Å²) >= 11 is 0. The second-order valence-corrected chi connectivity index (χ2v) is 8.93. The molecule has 3 aromatic rings. The van der Waals surface area contributed by atoms with Gasteiger partial charge in [0.2, 0.25) is 0 Å². The molecule has 0 saturated heterocycles. The zero-order chi connectivity index (χ0) is 23.8. The molecular weight excluding hydrogens is 442 g/mol. The number of ether oxygens (including phenoxy) is 1. The second-order valence-electron chi connectivity index (χ2n) is 7.07. The van der Waals surface area contributed by atoms with E-state index in [1.165, 1.54) is 25.3 Å². The molecular formula is C24H23N3O5S. The fourth-order valence-corrected chi connectivity index (χ4v) is 4.50. The molecule has 0 atom stereocenters. The van der Waals surface area contributed by atoms with Crippen molar-refractivity contribution in [2.24, 2.45) is 5.10 Å². The number of nitrogens with zero attached hydrogens (tertiary/aromatic N) is 2. The number of carbonyl (C=O) groups excluding carboxylic acids is 2. The minimum atomic E-state index is -3.98. The molecule has 0 bridgehead atoms. The van der Waals surface area contributed by atoms with Crippen LogP contribution in [0.1, 0.15) is 18.1 Å². The standard InChI is InChI=1S/C24H23N3O5S/c1-18-8-6-7-11-23(18)27(33(30,31)22-9-4-3-5-10-22)17-24(29)26-25-16-20-12-14-21(15-13-20)32-19(2)28/h3-16H,17H2,1-2H3,(H,26,29)/b25-16-. The maximum Gasteiger partial charge on any atom is 0.308 e. The van der Waals surface area contributed by atoms with E-state index in [0.717, 1.165) is 4.31 Å². The van der Waals surface area contributed by atoms with Gasteiger partial charge in [0.25, 0.3) is 15.9 Å². The molecule has 0 aliphatic carbocycles. The summed E-state index contributed by atoms with van der Waals surface area (Å²) in [5.74, 6) is -0.637. The number of hydrogen-bond donors (Lipinski definition) is 1. The highest BCUT2D eigenvalue weighted by Crippen LogP contribution is 2.26. The summed E-state index contributed by atoms with van der Waals surface area (Å²) in [6.07, 6.45) is 1.40. The van der Waals surface area contributed by atoms with Crippen LogP contribution in [0.25, 0.3) is 0 Å². The zero-order valence-electron chi connectivity index (χ0n) is 18.1. The van der Waals surface area contributed by atoms with Crippen LogP contribution in [-0.2, 0) is 19.6 Å². The van der Waals surface area contributed by atoms with Crippen molar-refractivity contribution >= 4 is 33.8 Å². The van der Waals surface area contributed by atoms with E-state index in [0.29, 0.717) is 22.6 Å². The highest BCUT2D eigenvalue weighted by molar-refractivity contribution is 7.92. The van der Waals surface area contributed by atoms with Gasteiger partial charge in [-0.1, -0.05) is 36.4 Å². The third-order valence-corrected chi connectivity index (χ3v) is 6.32. The Balaban J connectivity index is 1.76. The van der Waals surface area contributed by atoms with Gasteiger partial charge in [-0.05, 0) is 60.5 Å². The number of hydrazone groups is 1. The minimum absolute atomic E-state index is 0.0809. The third kappa shape index (κ3) is 6.27. The molecule has 0 radical (unpaired) electrons. The number of esters is 1. The molecule has 3 rings (SSSR count). The number of benzene rings is 3. The Bertz CT molecular complexity index is 1260. The summed E-state index contributed by atoms with van der Waals surface area (Å²) < 4.78 is 32.6. The first-order chi connectivity index (χ1) is 15.8. The van der Waals surface area contributed by atoms with Crippen molar-refractivity contribution in [2.75, 3.05) is 10.8 Å². The molecule has 1 amide bonds. The van der Waals surface area contributed by atoms with E-state index in [9.17, 15) is 18.0 Å². The molecule has 0 aliphatic rings. The van der Waals surface area contributed by atoms with Crippen molar-refractivity contribution in [2.45, 2.75) is 18.7 Å². The molecule has 170 valence electrons. The molecule has 8 nitrogen and oxygen atoms in total. The van der Waals surface area contributed by atoms with Gasteiger partial charge in [0.1, 0.15) is 12.3 Å². The van der Waals surface area contributed by atoms with Gasteiger partial charge in [-0.2, -0.15) is 5.10 Å². The van der Waals surface area contributed by atoms with E-state index in [4.69, 9.17) is 4.74 Å². The smallest absolute Gasteiger partial charge is 0.308 e. The molecule has 1 N–H and O–H groups in total. The first-order valence-corrected chi connectivity index (χ1v) is 11.4. The number of nitrogens with one attached hydrogen (secondary N) is 1. The van der Waals surface area contributed by atoms with Gasteiger partial charge < -0.3 is 4.74 Å². The number of carbonyl (C=O) groups is 2. The summed E-state index contributed by atoms with van der Waals surface area (Å²) in [5.41, 5.74) is 4.13. The lowest BCUT2D eigenvalue weighted by Crippen LogP contribution is -2.40. The van der Waals surface area contributed by atoms with Crippen LogP contribution in [-0.4, -0.2) is 33.1 Å². The Morgan fingerprint density at radius 3 is 2.24 bits per heavy atom. The lowest BCUT2D eigenvalue weighted by molar-refractivity contribution is -0.131. The van der Waals surface area contributed by atoms with Gasteiger partial charge in [0.15, 0.2) is 0 Å². The first kappa shape index (κ1) is 23.7. The quantitative estimate of drug-likeness (QED) is 0.238. The van der Waals surface area contributed by atoms with E-state index in [2.05, 4.69) is 10.5 Å². The number of amides is 1. The van der Waals surface area contributed by atoms with E-state index in [1.54, 1.807) is 73.7 Å². The highest BCUT2D eigenvalue weighted by atomic mass is 32.2. The summed E-state index contributed by atoms with van der Waals surface area (Å²) in [6, 6.07) is 21.4. The highest BCUT2D eigenvalue weighted by Gasteiger charge is 2.27. The number of aryl methyl sites for hydroxylation is 1. The lowest BCUT2D eigenvalue weighted by atomic mass is 10.2. The van der Waals surface area contributed by atoms with Crippen LogP contribution < -0.4 is 14.5 Å². The molecule has 0 fully saturated rings. The predicted molar refractivity (Wildman–Crippen MR) is 126 cm³/mol. The monoisotopic (exact) mass is 465 g/mol. The predicted octanol–water partition coefficient (Wildman–Crippen LogP) is 3.27. The Morgan fingerprint density at radius 2 is 1.61 bits per heavy atom. The fourth-order valence-electron chi connectivity index (χ4n) is 3.00. The maximum absolute atomic E-state index is 13.3. The molecule has 9 heteroatoms.